The Labute approximate surface area is 326 Å². The number of phenols is 2. The van der Waals surface area contributed by atoms with Crippen LogP contribution in [0.25, 0.3) is 0 Å². The first-order valence-corrected chi connectivity index (χ1v) is 19.0. The van der Waals surface area contributed by atoms with E-state index < -0.39 is 132 Å². The number of hydrogen-bond donors (Lipinski definition) is 3. The van der Waals surface area contributed by atoms with Gasteiger partial charge in [-0.1, -0.05) is 19.1 Å². The SMILES string of the molecule is COc1cccc2c1C(=O)c1c(O)c3c(c(O)c1C2=O)C[C@@](O)(C(=O)CCC(=O)CN1C(=O)CC(C)C1=O)C[C@@H]3O[C@H]1C[C@H]2[C@H](O[C@@H]3[C@@H](OC)OCCN32)[C@H](C)O1. The molecule has 0 aromatic heterocycles. The largest absolute Gasteiger partial charge is 0.507 e. The van der Waals surface area contributed by atoms with Crippen LogP contribution in [0.2, 0.25) is 0 Å². The molecule has 2 aromatic carbocycles. The number of Topliss-reactive ketones (excluding diaryl/α,β-unsaturated/α-hetero) is 2. The maximum Gasteiger partial charge on any atom is 0.232 e. The number of aromatic hydroxyl groups is 2. The summed E-state index contributed by atoms with van der Waals surface area (Å²) in [6.45, 7) is 3.80. The van der Waals surface area contributed by atoms with E-state index in [1.165, 1.54) is 32.4 Å². The van der Waals surface area contributed by atoms with Gasteiger partial charge in [0, 0.05) is 80.8 Å². The second kappa shape index (κ2) is 14.6. The van der Waals surface area contributed by atoms with E-state index in [4.69, 9.17) is 28.4 Å². The Morgan fingerprint density at radius 3 is 2.44 bits per heavy atom. The molecular formula is C40H44N2O15. The van der Waals surface area contributed by atoms with E-state index >= 15 is 0 Å². The van der Waals surface area contributed by atoms with Gasteiger partial charge >= 0.3 is 0 Å². The standard InChI is InChI=1S/C40H44N2O15/c1-17-12-26(45)42(37(17)50)16-19(43)8-9-25(44)40(51)14-21-29(35(49)31-30(33(21)47)32(46)20-6-5-7-23(52-3)28(20)34(31)48)24(15-40)56-27-13-22-36(18(2)55-27)57-38-39(53-4)54-11-10-41(22)38/h5-7,17-18,22,24,27,36,38-39,47,49,51H,8-16H2,1-4H3/t17?,18-,22-,24-,27-,36+,38+,39-,40-/m0/s1. The average molecular weight is 793 g/mol. The van der Waals surface area contributed by atoms with Gasteiger partial charge in [0.1, 0.15) is 29.0 Å². The van der Waals surface area contributed by atoms with E-state index in [0.29, 0.717) is 13.2 Å². The van der Waals surface area contributed by atoms with Crippen molar-refractivity contribution in [3.8, 4) is 17.2 Å². The van der Waals surface area contributed by atoms with Gasteiger partial charge in [0.05, 0.1) is 49.2 Å². The number of ether oxygens (including phenoxy) is 6. The Kier molecular flexibility index (Phi) is 10.1. The fourth-order valence-corrected chi connectivity index (χ4v) is 9.30. The first-order valence-electron chi connectivity index (χ1n) is 19.0. The topological polar surface area (TPSA) is 225 Å². The van der Waals surface area contributed by atoms with Crippen molar-refractivity contribution < 1.29 is 72.5 Å². The van der Waals surface area contributed by atoms with Crippen LogP contribution in [0.3, 0.4) is 0 Å². The number of methoxy groups -OCH3 is 2. The zero-order chi connectivity index (χ0) is 40.7. The van der Waals surface area contributed by atoms with Gasteiger partial charge in [-0.25, -0.2) is 0 Å². The Bertz CT molecular complexity index is 2080. The molecule has 1 unspecified atom stereocenters. The Hall–Kier alpha value is -4.62. The van der Waals surface area contributed by atoms with Crippen LogP contribution in [-0.4, -0.2) is 137 Å². The van der Waals surface area contributed by atoms with Crippen molar-refractivity contribution in [1.29, 1.82) is 0 Å². The van der Waals surface area contributed by atoms with Crippen LogP contribution in [0.1, 0.15) is 95.0 Å². The lowest BCUT2D eigenvalue weighted by Crippen LogP contribution is -2.55. The number of likely N-dealkylation sites (tertiary alicyclic amines) is 1. The van der Waals surface area contributed by atoms with Gasteiger partial charge in [-0.15, -0.1) is 0 Å². The number of carbonyl (C=O) groups is 6. The first kappa shape index (κ1) is 39.2. The second-order valence-corrected chi connectivity index (χ2v) is 15.6. The number of phenolic OH excluding ortho intramolecular Hbond substituents is 2. The molecule has 2 aliphatic carbocycles. The zero-order valence-electron chi connectivity index (χ0n) is 31.8. The number of aliphatic hydroxyl groups is 1. The number of benzene rings is 2. The van der Waals surface area contributed by atoms with E-state index in [2.05, 4.69) is 4.90 Å². The lowest BCUT2D eigenvalue weighted by atomic mass is 9.71. The highest BCUT2D eigenvalue weighted by Gasteiger charge is 2.55. The molecule has 0 radical (unpaired) electrons. The minimum Gasteiger partial charge on any atom is -0.507 e. The average Bonchev–Trinajstić information content (AvgIpc) is 3.68. The molecule has 304 valence electrons. The predicted molar refractivity (Wildman–Crippen MR) is 191 cm³/mol. The first-order chi connectivity index (χ1) is 27.2. The Morgan fingerprint density at radius 2 is 1.74 bits per heavy atom. The molecule has 0 bridgehead atoms. The zero-order valence-corrected chi connectivity index (χ0v) is 31.8. The van der Waals surface area contributed by atoms with Crippen molar-refractivity contribution in [3.63, 3.8) is 0 Å². The number of amides is 2. The molecule has 2 amide bonds. The van der Waals surface area contributed by atoms with Gasteiger partial charge in [0.15, 0.2) is 36.2 Å². The molecule has 57 heavy (non-hydrogen) atoms. The number of nitrogens with zero attached hydrogens (tertiary/aromatic N) is 2. The predicted octanol–water partition coefficient (Wildman–Crippen LogP) is 1.46. The summed E-state index contributed by atoms with van der Waals surface area (Å²) in [5.74, 6) is -5.79. The maximum absolute atomic E-state index is 14.1. The summed E-state index contributed by atoms with van der Waals surface area (Å²) in [4.78, 5) is 82.7. The molecule has 3 N–H and O–H groups in total. The molecule has 4 aliphatic heterocycles. The van der Waals surface area contributed by atoms with Gasteiger partial charge < -0.3 is 43.7 Å². The number of rotatable bonds is 10. The van der Waals surface area contributed by atoms with Crippen LogP contribution in [0.5, 0.6) is 17.2 Å². The second-order valence-electron chi connectivity index (χ2n) is 15.6. The van der Waals surface area contributed by atoms with Gasteiger partial charge in [0.25, 0.3) is 0 Å². The van der Waals surface area contributed by atoms with Gasteiger partial charge in [-0.2, -0.15) is 0 Å². The van der Waals surface area contributed by atoms with Crippen molar-refractivity contribution >= 4 is 34.9 Å². The molecule has 17 heteroatoms. The van der Waals surface area contributed by atoms with Crippen molar-refractivity contribution in [2.45, 2.75) is 101 Å². The summed E-state index contributed by atoms with van der Waals surface area (Å²) in [5.41, 5.74) is -3.77. The van der Waals surface area contributed by atoms with Gasteiger partial charge in [-0.3, -0.25) is 38.6 Å². The third-order valence-corrected chi connectivity index (χ3v) is 12.1. The molecule has 0 saturated carbocycles. The van der Waals surface area contributed by atoms with E-state index in [-0.39, 0.29) is 53.0 Å². The normalized spacial score (nSPS) is 32.1. The lowest BCUT2D eigenvalue weighted by Gasteiger charge is -2.43. The minimum absolute atomic E-state index is 0.0164. The molecule has 4 heterocycles. The molecule has 4 fully saturated rings. The third-order valence-electron chi connectivity index (χ3n) is 12.1. The Morgan fingerprint density at radius 1 is 0.982 bits per heavy atom. The minimum atomic E-state index is -2.31. The molecule has 2 aromatic rings. The van der Waals surface area contributed by atoms with Crippen molar-refractivity contribution in [2.24, 2.45) is 5.92 Å². The fourth-order valence-electron chi connectivity index (χ4n) is 9.30. The summed E-state index contributed by atoms with van der Waals surface area (Å²) >= 11 is 0. The number of imide groups is 1. The van der Waals surface area contributed by atoms with Crippen molar-refractivity contribution in [1.82, 2.24) is 9.80 Å². The molecule has 9 atom stereocenters. The van der Waals surface area contributed by atoms with E-state index in [0.717, 1.165) is 4.90 Å². The van der Waals surface area contributed by atoms with Crippen LogP contribution >= 0.6 is 0 Å². The highest BCUT2D eigenvalue weighted by atomic mass is 16.7. The highest BCUT2D eigenvalue weighted by molar-refractivity contribution is 6.31. The van der Waals surface area contributed by atoms with Crippen molar-refractivity contribution in [2.75, 3.05) is 33.9 Å². The Balaban J connectivity index is 1.13. The summed E-state index contributed by atoms with van der Waals surface area (Å²) in [6.07, 6.45) is -6.25. The van der Waals surface area contributed by atoms with E-state index in [1.807, 2.05) is 0 Å². The monoisotopic (exact) mass is 792 g/mol. The summed E-state index contributed by atoms with van der Waals surface area (Å²) < 4.78 is 35.7. The number of ketones is 4. The van der Waals surface area contributed by atoms with Crippen molar-refractivity contribution in [3.05, 3.63) is 51.6 Å². The molecule has 0 spiro atoms. The number of morpholine rings is 1. The summed E-state index contributed by atoms with van der Waals surface area (Å²) in [5, 5.41) is 36.0. The highest BCUT2D eigenvalue weighted by Crippen LogP contribution is 2.53. The lowest BCUT2D eigenvalue weighted by molar-refractivity contribution is -0.256. The van der Waals surface area contributed by atoms with Crippen LogP contribution in [0, 0.1) is 5.92 Å². The van der Waals surface area contributed by atoms with Crippen LogP contribution in [0.15, 0.2) is 18.2 Å². The molecule has 4 saturated heterocycles. The van der Waals surface area contributed by atoms with E-state index in [9.17, 15) is 44.1 Å². The summed E-state index contributed by atoms with van der Waals surface area (Å²) in [6, 6.07) is 4.15. The summed E-state index contributed by atoms with van der Waals surface area (Å²) in [7, 11) is 2.85. The van der Waals surface area contributed by atoms with Crippen LogP contribution < -0.4 is 4.74 Å². The molecule has 6 aliphatic rings. The van der Waals surface area contributed by atoms with E-state index in [1.54, 1.807) is 13.8 Å². The van der Waals surface area contributed by atoms with Gasteiger partial charge in [-0.05, 0) is 13.0 Å². The van der Waals surface area contributed by atoms with Crippen LogP contribution in [-0.2, 0) is 49.3 Å². The quantitative estimate of drug-likeness (QED) is 0.195. The molecule has 17 nitrogen and oxygen atoms in total. The van der Waals surface area contributed by atoms with Crippen LogP contribution in [0.4, 0.5) is 0 Å². The van der Waals surface area contributed by atoms with Gasteiger partial charge in [0.2, 0.25) is 17.6 Å². The number of carbonyl (C=O) groups excluding carboxylic acids is 6. The third kappa shape index (κ3) is 6.36. The maximum atomic E-state index is 14.1. The number of fused-ring (bicyclic) bond motifs is 6. The fraction of sp³-hybridized carbons (Fsp3) is 0.550. The number of hydrogen-bond acceptors (Lipinski definition) is 16. The smallest absolute Gasteiger partial charge is 0.232 e. The molecule has 8 rings (SSSR count). The molecular weight excluding hydrogens is 748 g/mol.